The summed E-state index contributed by atoms with van der Waals surface area (Å²) >= 11 is 0. The molecule has 0 saturated carbocycles. The maximum Gasteiger partial charge on any atom is 0.267 e. The fourth-order valence-electron chi connectivity index (χ4n) is 3.59. The van der Waals surface area contributed by atoms with Crippen LogP contribution in [0.3, 0.4) is 0 Å². The van der Waals surface area contributed by atoms with E-state index in [0.29, 0.717) is 31.9 Å². The Kier molecular flexibility index (Phi) is 5.56. The minimum absolute atomic E-state index is 0.143. The lowest BCUT2D eigenvalue weighted by molar-refractivity contribution is -0.135. The van der Waals surface area contributed by atoms with Gasteiger partial charge in [-0.2, -0.15) is 5.10 Å². The molecule has 1 aliphatic heterocycles. The number of halogens is 1. The molecule has 0 radical (unpaired) electrons. The second-order valence-electron chi connectivity index (χ2n) is 7.20. The van der Waals surface area contributed by atoms with E-state index in [1.54, 1.807) is 54.5 Å². The van der Waals surface area contributed by atoms with E-state index in [4.69, 9.17) is 0 Å². The van der Waals surface area contributed by atoms with Crippen molar-refractivity contribution >= 4 is 11.6 Å². The van der Waals surface area contributed by atoms with Gasteiger partial charge in [-0.05, 0) is 49.4 Å². The molecular formula is C22H22FN5O2. The minimum atomic E-state index is -0.711. The summed E-state index contributed by atoms with van der Waals surface area (Å²) in [6, 6.07) is 12.3. The highest BCUT2D eigenvalue weighted by Crippen LogP contribution is 2.19. The van der Waals surface area contributed by atoms with Crippen molar-refractivity contribution in [2.45, 2.75) is 13.0 Å². The highest BCUT2D eigenvalue weighted by Gasteiger charge is 2.27. The number of hydrogen-bond acceptors (Lipinski definition) is 5. The Hall–Kier alpha value is -3.55. The average Bonchev–Trinajstić information content (AvgIpc) is 2.80. The molecular weight excluding hydrogens is 385 g/mol. The summed E-state index contributed by atoms with van der Waals surface area (Å²) in [5.41, 5.74) is 2.04. The first kappa shape index (κ1) is 19.8. The third-order valence-corrected chi connectivity index (χ3v) is 5.31. The zero-order valence-electron chi connectivity index (χ0n) is 16.6. The number of aromatic nitrogens is 3. The summed E-state index contributed by atoms with van der Waals surface area (Å²) in [4.78, 5) is 33.3. The molecule has 1 fully saturated rings. The Labute approximate surface area is 173 Å². The fraction of sp³-hybridized carbons (Fsp3) is 0.273. The lowest BCUT2D eigenvalue weighted by Gasteiger charge is -2.37. The van der Waals surface area contributed by atoms with Crippen LogP contribution in [0.15, 0.2) is 65.7 Å². The lowest BCUT2D eigenvalue weighted by Crippen LogP contribution is -2.51. The molecule has 0 N–H and O–H groups in total. The number of hydrogen-bond donors (Lipinski definition) is 0. The summed E-state index contributed by atoms with van der Waals surface area (Å²) in [6.45, 7) is 4.03. The predicted octanol–water partition coefficient (Wildman–Crippen LogP) is 2.35. The quantitative estimate of drug-likeness (QED) is 0.664. The number of anilines is 1. The SMILES string of the molecule is CC(C(=O)N1CCN(c2ccc(F)cc2)CC1)n1nc(-c2ccncc2)ccc1=O. The van der Waals surface area contributed by atoms with Crippen LogP contribution in [0.1, 0.15) is 13.0 Å². The summed E-state index contributed by atoms with van der Waals surface area (Å²) in [7, 11) is 0. The first-order chi connectivity index (χ1) is 14.5. The number of amides is 1. The van der Waals surface area contributed by atoms with E-state index in [1.807, 2.05) is 0 Å². The van der Waals surface area contributed by atoms with Gasteiger partial charge in [0.1, 0.15) is 11.9 Å². The van der Waals surface area contributed by atoms with Gasteiger partial charge in [-0.3, -0.25) is 14.6 Å². The Bertz CT molecular complexity index is 1080. The third kappa shape index (κ3) is 4.07. The molecule has 30 heavy (non-hydrogen) atoms. The largest absolute Gasteiger partial charge is 0.368 e. The summed E-state index contributed by atoms with van der Waals surface area (Å²) in [6.07, 6.45) is 3.31. The zero-order valence-corrected chi connectivity index (χ0v) is 16.6. The molecule has 0 aliphatic carbocycles. The van der Waals surface area contributed by atoms with Crippen LogP contribution in [-0.2, 0) is 4.79 Å². The van der Waals surface area contributed by atoms with Gasteiger partial charge >= 0.3 is 0 Å². The molecule has 7 nitrogen and oxygen atoms in total. The van der Waals surface area contributed by atoms with Crippen molar-refractivity contribution < 1.29 is 9.18 Å². The standard InChI is InChI=1S/C22H22FN5O2/c1-16(28-21(29)7-6-20(25-28)17-8-10-24-11-9-17)22(30)27-14-12-26(13-15-27)19-4-2-18(23)3-5-19/h2-11,16H,12-15H2,1H3. The molecule has 2 aromatic heterocycles. The molecule has 1 atom stereocenters. The normalized spacial score (nSPS) is 15.1. The van der Waals surface area contributed by atoms with Crippen molar-refractivity contribution in [3.8, 4) is 11.3 Å². The van der Waals surface area contributed by atoms with Gasteiger partial charge in [-0.1, -0.05) is 0 Å². The van der Waals surface area contributed by atoms with E-state index >= 15 is 0 Å². The number of piperazine rings is 1. The fourth-order valence-corrected chi connectivity index (χ4v) is 3.59. The molecule has 1 aliphatic rings. The molecule has 4 rings (SSSR count). The van der Waals surface area contributed by atoms with Crippen LogP contribution in [-0.4, -0.2) is 51.8 Å². The van der Waals surface area contributed by atoms with Gasteiger partial charge in [0, 0.05) is 55.9 Å². The zero-order chi connectivity index (χ0) is 21.1. The van der Waals surface area contributed by atoms with Crippen molar-refractivity contribution in [2.24, 2.45) is 0 Å². The highest BCUT2D eigenvalue weighted by molar-refractivity contribution is 5.80. The number of carbonyl (C=O) groups excluding carboxylic acids is 1. The van der Waals surface area contributed by atoms with Crippen LogP contribution in [0.2, 0.25) is 0 Å². The molecule has 1 aromatic carbocycles. The van der Waals surface area contributed by atoms with Crippen molar-refractivity contribution in [3.05, 3.63) is 77.1 Å². The Morgan fingerprint density at radius 1 is 0.967 bits per heavy atom. The third-order valence-electron chi connectivity index (χ3n) is 5.31. The van der Waals surface area contributed by atoms with Gasteiger partial charge in [-0.15, -0.1) is 0 Å². The summed E-state index contributed by atoms with van der Waals surface area (Å²) in [5.74, 6) is -0.413. The number of rotatable bonds is 4. The van der Waals surface area contributed by atoms with Crippen LogP contribution >= 0.6 is 0 Å². The smallest absolute Gasteiger partial charge is 0.267 e. The molecule has 8 heteroatoms. The van der Waals surface area contributed by atoms with Crippen LogP contribution in [0, 0.1) is 5.82 Å². The average molecular weight is 407 g/mol. The van der Waals surface area contributed by atoms with Crippen LogP contribution < -0.4 is 10.5 Å². The number of carbonyl (C=O) groups is 1. The van der Waals surface area contributed by atoms with Gasteiger partial charge in [-0.25, -0.2) is 9.07 Å². The molecule has 3 heterocycles. The lowest BCUT2D eigenvalue weighted by atomic mass is 10.2. The second-order valence-corrected chi connectivity index (χ2v) is 7.20. The molecule has 1 amide bonds. The number of benzene rings is 1. The van der Waals surface area contributed by atoms with E-state index in [1.165, 1.54) is 22.9 Å². The van der Waals surface area contributed by atoms with Gasteiger partial charge in [0.25, 0.3) is 5.56 Å². The summed E-state index contributed by atoms with van der Waals surface area (Å²) in [5, 5.41) is 4.41. The van der Waals surface area contributed by atoms with Crippen LogP contribution in [0.4, 0.5) is 10.1 Å². The van der Waals surface area contributed by atoms with E-state index in [9.17, 15) is 14.0 Å². The second kappa shape index (κ2) is 8.44. The minimum Gasteiger partial charge on any atom is -0.368 e. The monoisotopic (exact) mass is 407 g/mol. The van der Waals surface area contributed by atoms with Crippen molar-refractivity contribution in [1.29, 1.82) is 0 Å². The molecule has 1 unspecified atom stereocenters. The van der Waals surface area contributed by atoms with Crippen molar-refractivity contribution in [2.75, 3.05) is 31.1 Å². The van der Waals surface area contributed by atoms with E-state index in [2.05, 4.69) is 15.0 Å². The summed E-state index contributed by atoms with van der Waals surface area (Å²) < 4.78 is 14.4. The Morgan fingerprint density at radius 2 is 1.63 bits per heavy atom. The molecule has 154 valence electrons. The maximum absolute atomic E-state index is 13.1. The highest BCUT2D eigenvalue weighted by atomic mass is 19.1. The molecule has 0 bridgehead atoms. The van der Waals surface area contributed by atoms with E-state index in [0.717, 1.165) is 11.3 Å². The topological polar surface area (TPSA) is 71.3 Å². The first-order valence-electron chi connectivity index (χ1n) is 9.82. The number of pyridine rings is 1. The van der Waals surface area contributed by atoms with Gasteiger partial charge < -0.3 is 9.80 Å². The molecule has 1 saturated heterocycles. The predicted molar refractivity (Wildman–Crippen MR) is 112 cm³/mol. The van der Waals surface area contributed by atoms with E-state index in [-0.39, 0.29) is 17.3 Å². The molecule has 3 aromatic rings. The molecule has 0 spiro atoms. The van der Waals surface area contributed by atoms with Crippen molar-refractivity contribution in [3.63, 3.8) is 0 Å². The van der Waals surface area contributed by atoms with Crippen LogP contribution in [0.5, 0.6) is 0 Å². The maximum atomic E-state index is 13.1. The van der Waals surface area contributed by atoms with Gasteiger partial charge in [0.2, 0.25) is 5.91 Å². The van der Waals surface area contributed by atoms with Crippen molar-refractivity contribution in [1.82, 2.24) is 19.7 Å². The van der Waals surface area contributed by atoms with E-state index < -0.39 is 6.04 Å². The number of nitrogens with zero attached hydrogens (tertiary/aromatic N) is 5. The van der Waals surface area contributed by atoms with Gasteiger partial charge in [0.05, 0.1) is 5.69 Å². The Balaban J connectivity index is 1.46. The Morgan fingerprint density at radius 3 is 2.30 bits per heavy atom. The van der Waals surface area contributed by atoms with Gasteiger partial charge in [0.15, 0.2) is 0 Å². The van der Waals surface area contributed by atoms with Crippen LogP contribution in [0.25, 0.3) is 11.3 Å². The first-order valence-corrected chi connectivity index (χ1v) is 9.82.